The maximum Gasteiger partial charge on any atom is 0.488 e. The number of carbonyl (C=O) groups excluding carboxylic acids is 1. The first kappa shape index (κ1) is 15.5. The van der Waals surface area contributed by atoms with Crippen molar-refractivity contribution in [1.29, 1.82) is 0 Å². The molecule has 2 rings (SSSR count). The van der Waals surface area contributed by atoms with Crippen LogP contribution in [0.4, 0.5) is 0 Å². The summed E-state index contributed by atoms with van der Waals surface area (Å²) in [7, 11) is -0.356. The van der Waals surface area contributed by atoms with E-state index in [4.69, 9.17) is 17.0 Å². The van der Waals surface area contributed by atoms with Crippen LogP contribution >= 0.6 is 12.2 Å². The van der Waals surface area contributed by atoms with Crippen LogP contribution in [-0.2, 0) is 9.53 Å². The van der Waals surface area contributed by atoms with Crippen molar-refractivity contribution in [3.8, 4) is 0 Å². The van der Waals surface area contributed by atoms with Crippen LogP contribution in [0.25, 0.3) is 0 Å². The second-order valence-electron chi connectivity index (χ2n) is 4.56. The summed E-state index contributed by atoms with van der Waals surface area (Å²) >= 11 is 5.11. The normalized spacial score (nSPS) is 17.9. The average Bonchev–Trinajstić information content (AvgIpc) is 2.45. The zero-order chi connectivity index (χ0) is 15.6. The molecule has 1 aromatic carbocycles. The van der Waals surface area contributed by atoms with Gasteiger partial charge in [0, 0.05) is 5.70 Å². The number of hydrogen-bond acceptors (Lipinski definition) is 5. The van der Waals surface area contributed by atoms with Gasteiger partial charge < -0.3 is 25.4 Å². The molecule has 1 aliphatic rings. The van der Waals surface area contributed by atoms with Crippen molar-refractivity contribution in [2.24, 2.45) is 0 Å². The highest BCUT2D eigenvalue weighted by atomic mass is 32.1. The summed E-state index contributed by atoms with van der Waals surface area (Å²) in [6, 6.07) is 6.11. The van der Waals surface area contributed by atoms with Gasteiger partial charge in [0.15, 0.2) is 5.11 Å². The average molecular weight is 306 g/mol. The van der Waals surface area contributed by atoms with Crippen molar-refractivity contribution in [1.82, 2.24) is 10.6 Å². The lowest BCUT2D eigenvalue weighted by Gasteiger charge is -2.30. The predicted molar refractivity (Wildman–Crippen MR) is 82.6 cm³/mol. The Morgan fingerprint density at radius 1 is 1.38 bits per heavy atom. The summed E-state index contributed by atoms with van der Waals surface area (Å²) in [6.45, 7) is 1.71. The molecule has 110 valence electrons. The first-order chi connectivity index (χ1) is 9.95. The number of methoxy groups -OCH3 is 1. The molecule has 21 heavy (non-hydrogen) atoms. The molecule has 1 unspecified atom stereocenters. The Labute approximate surface area is 128 Å². The Kier molecular flexibility index (Phi) is 4.61. The summed E-state index contributed by atoms with van der Waals surface area (Å²) < 4.78 is 4.80. The molecule has 0 aromatic heterocycles. The third-order valence-electron chi connectivity index (χ3n) is 3.26. The van der Waals surface area contributed by atoms with Gasteiger partial charge in [0.05, 0.1) is 18.7 Å². The van der Waals surface area contributed by atoms with Crippen molar-refractivity contribution in [3.05, 3.63) is 41.1 Å². The van der Waals surface area contributed by atoms with E-state index in [1.807, 2.05) is 0 Å². The van der Waals surface area contributed by atoms with Crippen molar-refractivity contribution in [2.75, 3.05) is 7.11 Å². The van der Waals surface area contributed by atoms with E-state index in [0.29, 0.717) is 27.4 Å². The van der Waals surface area contributed by atoms with Gasteiger partial charge >= 0.3 is 13.1 Å². The van der Waals surface area contributed by atoms with Gasteiger partial charge in [-0.2, -0.15) is 0 Å². The molecule has 1 aromatic rings. The lowest BCUT2D eigenvalue weighted by atomic mass is 9.74. The minimum absolute atomic E-state index is 0.300. The highest BCUT2D eigenvalue weighted by molar-refractivity contribution is 7.80. The molecule has 0 spiro atoms. The van der Waals surface area contributed by atoms with Gasteiger partial charge in [0.1, 0.15) is 0 Å². The maximum absolute atomic E-state index is 12.0. The largest absolute Gasteiger partial charge is 0.488 e. The minimum atomic E-state index is -1.65. The second-order valence-corrected chi connectivity index (χ2v) is 4.97. The van der Waals surface area contributed by atoms with Crippen LogP contribution < -0.4 is 16.1 Å². The number of esters is 1. The third-order valence-corrected chi connectivity index (χ3v) is 3.48. The zero-order valence-electron chi connectivity index (χ0n) is 11.6. The smallest absolute Gasteiger partial charge is 0.466 e. The van der Waals surface area contributed by atoms with Gasteiger partial charge in [-0.15, -0.1) is 0 Å². The number of allylic oxidation sites excluding steroid dienone is 1. The maximum atomic E-state index is 12.0. The third kappa shape index (κ3) is 3.07. The molecular formula is C13H15BN2O4S. The highest BCUT2D eigenvalue weighted by Gasteiger charge is 2.33. The van der Waals surface area contributed by atoms with Crippen molar-refractivity contribution >= 4 is 35.9 Å². The van der Waals surface area contributed by atoms with E-state index in [-0.39, 0.29) is 0 Å². The quantitative estimate of drug-likeness (QED) is 0.334. The number of rotatable bonds is 3. The van der Waals surface area contributed by atoms with Crippen LogP contribution in [0.1, 0.15) is 18.5 Å². The number of hydrogen-bond donors (Lipinski definition) is 4. The molecule has 0 bridgehead atoms. The molecule has 1 heterocycles. The van der Waals surface area contributed by atoms with Crippen LogP contribution in [0.2, 0.25) is 0 Å². The fraction of sp³-hybridized carbons (Fsp3) is 0.231. The summed E-state index contributed by atoms with van der Waals surface area (Å²) in [4.78, 5) is 12.0. The Bertz CT molecular complexity index is 618. The Morgan fingerprint density at radius 3 is 2.67 bits per heavy atom. The minimum Gasteiger partial charge on any atom is -0.466 e. The summed E-state index contributed by atoms with van der Waals surface area (Å²) in [5, 5.41) is 25.2. The van der Waals surface area contributed by atoms with Gasteiger partial charge in [-0.3, -0.25) is 0 Å². The van der Waals surface area contributed by atoms with Crippen LogP contribution in [0, 0.1) is 0 Å². The molecule has 0 radical (unpaired) electrons. The van der Waals surface area contributed by atoms with Crippen LogP contribution in [-0.4, -0.2) is 35.4 Å². The predicted octanol–water partition coefficient (Wildman–Crippen LogP) is -0.668. The molecule has 1 aliphatic heterocycles. The fourth-order valence-corrected chi connectivity index (χ4v) is 2.59. The first-order valence-electron chi connectivity index (χ1n) is 6.27. The van der Waals surface area contributed by atoms with Gasteiger partial charge in [-0.1, -0.05) is 24.3 Å². The molecule has 4 N–H and O–H groups in total. The number of carbonyl (C=O) groups is 1. The second kappa shape index (κ2) is 6.25. The molecule has 6 nitrogen and oxygen atoms in total. The van der Waals surface area contributed by atoms with Crippen LogP contribution in [0.5, 0.6) is 0 Å². The standard InChI is InChI=1S/C13H15BN2O4S/c1-7-10(12(17)20-2)11(16-13(21)15-7)8-5-3-4-6-9(8)14(18)19/h3-6,11,18-19H,1-2H3,(H2,15,16,21). The lowest BCUT2D eigenvalue weighted by molar-refractivity contribution is -0.136. The van der Waals surface area contributed by atoms with Crippen molar-refractivity contribution < 1.29 is 19.6 Å². The monoisotopic (exact) mass is 306 g/mol. The van der Waals surface area contributed by atoms with E-state index >= 15 is 0 Å². The summed E-state index contributed by atoms with van der Waals surface area (Å²) in [5.41, 5.74) is 1.77. The SMILES string of the molecule is COC(=O)C1=C(C)NC(=S)NC1c1ccccc1B(O)O. The van der Waals surface area contributed by atoms with Gasteiger partial charge in [-0.25, -0.2) is 4.79 Å². The highest BCUT2D eigenvalue weighted by Crippen LogP contribution is 2.26. The topological polar surface area (TPSA) is 90.8 Å². The first-order valence-corrected chi connectivity index (χ1v) is 6.68. The molecule has 8 heteroatoms. The van der Waals surface area contributed by atoms with E-state index < -0.39 is 19.1 Å². The zero-order valence-corrected chi connectivity index (χ0v) is 12.4. The van der Waals surface area contributed by atoms with Gasteiger partial charge in [0.2, 0.25) is 0 Å². The van der Waals surface area contributed by atoms with E-state index in [2.05, 4.69) is 10.6 Å². The van der Waals surface area contributed by atoms with Crippen LogP contribution in [0.3, 0.4) is 0 Å². The molecule has 0 amide bonds. The Morgan fingerprint density at radius 2 is 2.05 bits per heavy atom. The Balaban J connectivity index is 2.57. The number of nitrogens with one attached hydrogen (secondary N) is 2. The van der Waals surface area contributed by atoms with Gasteiger partial charge in [-0.05, 0) is 30.2 Å². The van der Waals surface area contributed by atoms with Gasteiger partial charge in [0.25, 0.3) is 0 Å². The van der Waals surface area contributed by atoms with Crippen molar-refractivity contribution in [2.45, 2.75) is 13.0 Å². The van der Waals surface area contributed by atoms with E-state index in [1.54, 1.807) is 31.2 Å². The van der Waals surface area contributed by atoms with E-state index in [9.17, 15) is 14.8 Å². The summed E-state index contributed by atoms with van der Waals surface area (Å²) in [5.74, 6) is -0.512. The number of benzene rings is 1. The van der Waals surface area contributed by atoms with E-state index in [1.165, 1.54) is 7.11 Å². The molecule has 1 atom stereocenters. The number of thiocarbonyl (C=S) groups is 1. The molecule has 0 fully saturated rings. The molecule has 0 saturated heterocycles. The summed E-state index contributed by atoms with van der Waals surface area (Å²) in [6.07, 6.45) is 0. The lowest BCUT2D eigenvalue weighted by Crippen LogP contribution is -2.47. The van der Waals surface area contributed by atoms with Crippen LogP contribution in [0.15, 0.2) is 35.5 Å². The fourth-order valence-electron chi connectivity index (χ4n) is 2.32. The van der Waals surface area contributed by atoms with Crippen molar-refractivity contribution in [3.63, 3.8) is 0 Å². The molecule has 0 saturated carbocycles. The Hall–Kier alpha value is -1.90. The number of ether oxygens (including phenoxy) is 1. The molecular weight excluding hydrogens is 291 g/mol. The van der Waals surface area contributed by atoms with E-state index in [0.717, 1.165) is 0 Å². The molecule has 0 aliphatic carbocycles.